The highest BCUT2D eigenvalue weighted by Crippen LogP contribution is 2.18. The molecule has 1 fully saturated rings. The van der Waals surface area contributed by atoms with Gasteiger partial charge in [-0.2, -0.15) is 0 Å². The number of nitrogens with zero attached hydrogens (tertiary/aromatic N) is 2. The number of hydrogen-bond donors (Lipinski definition) is 1. The Kier molecular flexibility index (Phi) is 4.82. The van der Waals surface area contributed by atoms with Crippen molar-refractivity contribution in [3.05, 3.63) is 59.7 Å². The van der Waals surface area contributed by atoms with Crippen LogP contribution in [0.5, 0.6) is 0 Å². The Morgan fingerprint density at radius 3 is 2.26 bits per heavy atom. The zero-order chi connectivity index (χ0) is 16.2. The highest BCUT2D eigenvalue weighted by atomic mass is 32.1. The van der Waals surface area contributed by atoms with Gasteiger partial charge in [0.15, 0.2) is 5.11 Å². The molecule has 0 aliphatic carbocycles. The number of anilines is 2. The summed E-state index contributed by atoms with van der Waals surface area (Å²) in [5.74, 6) is 0. The highest BCUT2D eigenvalue weighted by Gasteiger charge is 2.19. The predicted octanol–water partition coefficient (Wildman–Crippen LogP) is 3.82. The molecule has 0 spiro atoms. The van der Waals surface area contributed by atoms with Gasteiger partial charge in [0.05, 0.1) is 0 Å². The van der Waals surface area contributed by atoms with Gasteiger partial charge in [-0.3, -0.25) is 0 Å². The van der Waals surface area contributed by atoms with E-state index in [9.17, 15) is 0 Å². The number of aryl methyl sites for hydroxylation is 2. The van der Waals surface area contributed by atoms with Crippen LogP contribution >= 0.6 is 12.2 Å². The van der Waals surface area contributed by atoms with E-state index >= 15 is 0 Å². The van der Waals surface area contributed by atoms with Crippen molar-refractivity contribution in [2.45, 2.75) is 13.8 Å². The van der Waals surface area contributed by atoms with E-state index < -0.39 is 0 Å². The fourth-order valence-corrected chi connectivity index (χ4v) is 3.13. The van der Waals surface area contributed by atoms with Crippen LogP contribution in [0.3, 0.4) is 0 Å². The number of benzene rings is 2. The van der Waals surface area contributed by atoms with Crippen LogP contribution in [0.1, 0.15) is 11.1 Å². The molecule has 1 N–H and O–H groups in total. The Morgan fingerprint density at radius 1 is 0.913 bits per heavy atom. The summed E-state index contributed by atoms with van der Waals surface area (Å²) in [6, 6.07) is 17.0. The van der Waals surface area contributed by atoms with Crippen LogP contribution in [-0.4, -0.2) is 36.2 Å². The summed E-state index contributed by atoms with van der Waals surface area (Å²) < 4.78 is 0. The van der Waals surface area contributed by atoms with Gasteiger partial charge in [0.25, 0.3) is 0 Å². The molecule has 3 rings (SSSR count). The SMILES string of the molecule is Cc1ccc(NC(=S)N2CCN(c3ccccc3)CC2)cc1C. The van der Waals surface area contributed by atoms with Gasteiger partial charge in [-0.15, -0.1) is 0 Å². The molecule has 2 aromatic carbocycles. The molecule has 2 aromatic rings. The quantitative estimate of drug-likeness (QED) is 0.846. The summed E-state index contributed by atoms with van der Waals surface area (Å²) in [6.45, 7) is 8.15. The maximum Gasteiger partial charge on any atom is 0.173 e. The molecule has 1 saturated heterocycles. The molecule has 0 atom stereocenters. The van der Waals surface area contributed by atoms with Crippen LogP contribution in [0.2, 0.25) is 0 Å². The average Bonchev–Trinajstić information content (AvgIpc) is 2.59. The maximum absolute atomic E-state index is 5.58. The Labute approximate surface area is 143 Å². The molecular weight excluding hydrogens is 302 g/mol. The second-order valence-corrected chi connectivity index (χ2v) is 6.43. The second-order valence-electron chi connectivity index (χ2n) is 6.04. The number of piperazine rings is 1. The lowest BCUT2D eigenvalue weighted by molar-refractivity contribution is 0.391. The van der Waals surface area contributed by atoms with E-state index in [1.54, 1.807) is 0 Å². The molecule has 120 valence electrons. The topological polar surface area (TPSA) is 18.5 Å². The van der Waals surface area contributed by atoms with Gasteiger partial charge in [0.2, 0.25) is 0 Å². The third-order valence-electron chi connectivity index (χ3n) is 4.45. The second kappa shape index (κ2) is 7.01. The average molecular weight is 325 g/mol. The maximum atomic E-state index is 5.58. The summed E-state index contributed by atoms with van der Waals surface area (Å²) >= 11 is 5.58. The van der Waals surface area contributed by atoms with Gasteiger partial charge >= 0.3 is 0 Å². The molecule has 0 bridgehead atoms. The molecule has 0 amide bonds. The van der Waals surface area contributed by atoms with Crippen molar-refractivity contribution in [2.75, 3.05) is 36.4 Å². The summed E-state index contributed by atoms with van der Waals surface area (Å²) in [4.78, 5) is 4.67. The molecule has 4 heteroatoms. The first kappa shape index (κ1) is 15.8. The Hall–Kier alpha value is -2.07. The van der Waals surface area contributed by atoms with Crippen molar-refractivity contribution >= 4 is 28.7 Å². The molecule has 3 nitrogen and oxygen atoms in total. The lowest BCUT2D eigenvalue weighted by Crippen LogP contribution is -2.50. The molecule has 23 heavy (non-hydrogen) atoms. The zero-order valence-corrected chi connectivity index (χ0v) is 14.6. The number of nitrogens with one attached hydrogen (secondary N) is 1. The van der Waals surface area contributed by atoms with E-state index in [0.717, 1.165) is 37.0 Å². The van der Waals surface area contributed by atoms with E-state index in [4.69, 9.17) is 12.2 Å². The van der Waals surface area contributed by atoms with E-state index in [0.29, 0.717) is 0 Å². The third kappa shape index (κ3) is 3.82. The molecule has 0 saturated carbocycles. The summed E-state index contributed by atoms with van der Waals surface area (Å²) in [5.41, 5.74) is 4.95. The zero-order valence-electron chi connectivity index (χ0n) is 13.7. The standard InChI is InChI=1S/C19H23N3S/c1-15-8-9-17(14-16(15)2)20-19(23)22-12-10-21(11-13-22)18-6-4-3-5-7-18/h3-9,14H,10-13H2,1-2H3,(H,20,23). The Morgan fingerprint density at radius 2 is 1.61 bits per heavy atom. The summed E-state index contributed by atoms with van der Waals surface area (Å²) in [7, 11) is 0. The Bertz CT molecular complexity index is 676. The largest absolute Gasteiger partial charge is 0.368 e. The minimum Gasteiger partial charge on any atom is -0.368 e. The van der Waals surface area contributed by atoms with E-state index in [1.807, 2.05) is 0 Å². The molecule has 0 radical (unpaired) electrons. The Balaban J connectivity index is 1.57. The number of hydrogen-bond acceptors (Lipinski definition) is 2. The molecule has 0 unspecified atom stereocenters. The van der Waals surface area contributed by atoms with E-state index in [1.165, 1.54) is 16.8 Å². The van der Waals surface area contributed by atoms with Crippen LogP contribution in [0.25, 0.3) is 0 Å². The van der Waals surface area contributed by atoms with Crippen LogP contribution < -0.4 is 10.2 Å². The number of rotatable bonds is 2. The predicted molar refractivity (Wildman–Crippen MR) is 102 cm³/mol. The van der Waals surface area contributed by atoms with Gasteiger partial charge in [-0.1, -0.05) is 24.3 Å². The first-order valence-electron chi connectivity index (χ1n) is 8.06. The van der Waals surface area contributed by atoms with Crippen LogP contribution in [-0.2, 0) is 0 Å². The van der Waals surface area contributed by atoms with Crippen LogP contribution in [0.15, 0.2) is 48.5 Å². The monoisotopic (exact) mass is 325 g/mol. The van der Waals surface area contributed by atoms with Crippen molar-refractivity contribution in [1.82, 2.24) is 4.90 Å². The smallest absolute Gasteiger partial charge is 0.173 e. The molecule has 0 aromatic heterocycles. The van der Waals surface area contributed by atoms with Crippen molar-refractivity contribution in [3.8, 4) is 0 Å². The van der Waals surface area contributed by atoms with Gasteiger partial charge in [0, 0.05) is 37.6 Å². The van der Waals surface area contributed by atoms with E-state index in [-0.39, 0.29) is 0 Å². The van der Waals surface area contributed by atoms with Crippen molar-refractivity contribution < 1.29 is 0 Å². The van der Waals surface area contributed by atoms with Gasteiger partial charge in [-0.25, -0.2) is 0 Å². The molecule has 1 aliphatic heterocycles. The van der Waals surface area contributed by atoms with Crippen molar-refractivity contribution in [3.63, 3.8) is 0 Å². The fourth-order valence-electron chi connectivity index (χ4n) is 2.83. The lowest BCUT2D eigenvalue weighted by Gasteiger charge is -2.37. The van der Waals surface area contributed by atoms with Gasteiger partial charge < -0.3 is 15.1 Å². The molecular formula is C19H23N3S. The van der Waals surface area contributed by atoms with Crippen molar-refractivity contribution in [2.24, 2.45) is 0 Å². The number of thiocarbonyl (C=S) groups is 1. The summed E-state index contributed by atoms with van der Waals surface area (Å²) in [6.07, 6.45) is 0. The molecule has 1 aliphatic rings. The normalized spacial score (nSPS) is 14.7. The first-order chi connectivity index (χ1) is 11.1. The fraction of sp³-hybridized carbons (Fsp3) is 0.316. The third-order valence-corrected chi connectivity index (χ3v) is 4.81. The minimum absolute atomic E-state index is 0.820. The lowest BCUT2D eigenvalue weighted by atomic mass is 10.1. The van der Waals surface area contributed by atoms with E-state index in [2.05, 4.69) is 77.5 Å². The first-order valence-corrected chi connectivity index (χ1v) is 8.47. The summed E-state index contributed by atoms with van der Waals surface area (Å²) in [5, 5.41) is 4.19. The van der Waals surface area contributed by atoms with Crippen LogP contribution in [0, 0.1) is 13.8 Å². The highest BCUT2D eigenvalue weighted by molar-refractivity contribution is 7.80. The van der Waals surface area contributed by atoms with Crippen molar-refractivity contribution in [1.29, 1.82) is 0 Å². The molecule has 1 heterocycles. The number of para-hydroxylation sites is 1. The van der Waals surface area contributed by atoms with Crippen LogP contribution in [0.4, 0.5) is 11.4 Å². The van der Waals surface area contributed by atoms with Gasteiger partial charge in [0.1, 0.15) is 0 Å². The minimum atomic E-state index is 0.820. The van der Waals surface area contributed by atoms with Gasteiger partial charge in [-0.05, 0) is 61.5 Å².